The molecule has 1 nitrogen and oxygen atoms in total. The molecule has 1 aromatic carbocycles. The number of benzene rings is 1. The second-order valence-electron chi connectivity index (χ2n) is 3.70. The molecule has 1 atom stereocenters. The summed E-state index contributed by atoms with van der Waals surface area (Å²) in [5.41, 5.74) is 4.35. The molecule has 0 aliphatic rings. The fourth-order valence-electron chi connectivity index (χ4n) is 1.63. The molecule has 2 aromatic rings. The minimum absolute atomic E-state index is 0. The van der Waals surface area contributed by atoms with Gasteiger partial charge in [-0.3, -0.25) is 0 Å². The van der Waals surface area contributed by atoms with E-state index >= 15 is 0 Å². The Morgan fingerprint density at radius 1 is 1.11 bits per heavy atom. The Morgan fingerprint density at radius 2 is 1.79 bits per heavy atom. The predicted octanol–water partition coefficient (Wildman–Crippen LogP) is 4.38. The number of rotatable bonds is 2. The van der Waals surface area contributed by atoms with Crippen LogP contribution in [0.15, 0.2) is 35.7 Å². The molecule has 0 spiro atoms. The summed E-state index contributed by atoms with van der Waals surface area (Å²) in [6.07, 6.45) is -4.71. The van der Waals surface area contributed by atoms with Crippen LogP contribution in [0.25, 0.3) is 0 Å². The van der Waals surface area contributed by atoms with Gasteiger partial charge in [0.05, 0.1) is 11.6 Å². The van der Waals surface area contributed by atoms with E-state index in [2.05, 4.69) is 0 Å². The molecule has 0 saturated carbocycles. The number of thiophene rings is 1. The highest BCUT2D eigenvalue weighted by Crippen LogP contribution is 2.35. The highest BCUT2D eigenvalue weighted by Gasteiger charge is 2.35. The fourth-order valence-corrected chi connectivity index (χ4v) is 2.38. The van der Waals surface area contributed by atoms with E-state index in [1.807, 2.05) is 0 Å². The maximum atomic E-state index is 13.8. The van der Waals surface area contributed by atoms with Gasteiger partial charge in [0.15, 0.2) is 0 Å². The third-order valence-electron chi connectivity index (χ3n) is 2.52. The van der Waals surface area contributed by atoms with Gasteiger partial charge in [0.2, 0.25) is 0 Å². The number of nitrogens with two attached hydrogens (primary N) is 1. The predicted molar refractivity (Wildman–Crippen MR) is 69.0 cm³/mol. The lowest BCUT2D eigenvalue weighted by Gasteiger charge is -2.15. The largest absolute Gasteiger partial charge is 0.419 e. The van der Waals surface area contributed by atoms with Gasteiger partial charge in [0, 0.05) is 10.4 Å². The molecular formula is C12H10ClF4NS. The molecule has 104 valence electrons. The van der Waals surface area contributed by atoms with Gasteiger partial charge in [-0.25, -0.2) is 4.39 Å². The van der Waals surface area contributed by atoms with Crippen molar-refractivity contribution in [3.8, 4) is 0 Å². The molecular weight excluding hydrogens is 302 g/mol. The highest BCUT2D eigenvalue weighted by molar-refractivity contribution is 7.10. The van der Waals surface area contributed by atoms with Crippen LogP contribution in [0.3, 0.4) is 0 Å². The first-order chi connectivity index (χ1) is 8.41. The zero-order valence-corrected chi connectivity index (χ0v) is 11.1. The molecule has 0 radical (unpaired) electrons. The van der Waals surface area contributed by atoms with Crippen LogP contribution in [0.2, 0.25) is 0 Å². The maximum absolute atomic E-state index is 13.8. The van der Waals surface area contributed by atoms with Crippen LogP contribution in [-0.4, -0.2) is 0 Å². The smallest absolute Gasteiger partial charge is 0.320 e. The SMILES string of the molecule is Cl.N[C@@H](c1cccs1)c1cccc(C(F)(F)F)c1F. The first-order valence-corrected chi connectivity index (χ1v) is 5.94. The van der Waals surface area contributed by atoms with E-state index in [9.17, 15) is 17.6 Å². The summed E-state index contributed by atoms with van der Waals surface area (Å²) in [6.45, 7) is 0. The van der Waals surface area contributed by atoms with E-state index < -0.39 is 23.6 Å². The minimum atomic E-state index is -4.71. The van der Waals surface area contributed by atoms with Crippen LogP contribution in [0, 0.1) is 5.82 Å². The molecule has 0 aliphatic carbocycles. The summed E-state index contributed by atoms with van der Waals surface area (Å²) in [7, 11) is 0. The van der Waals surface area contributed by atoms with Gasteiger partial charge in [-0.05, 0) is 17.5 Å². The standard InChI is InChI=1S/C12H9F4NS.ClH/c13-10-7(11(17)9-5-2-6-18-9)3-1-4-8(10)12(14,15)16;/h1-6,11H,17H2;1H/t11-;/m1./s1. The Balaban J connectivity index is 0.00000180. The van der Waals surface area contributed by atoms with Crippen LogP contribution >= 0.6 is 23.7 Å². The van der Waals surface area contributed by atoms with Crippen LogP contribution in [0.4, 0.5) is 17.6 Å². The van der Waals surface area contributed by atoms with Crippen molar-refractivity contribution in [1.82, 2.24) is 0 Å². The van der Waals surface area contributed by atoms with E-state index in [0.29, 0.717) is 10.9 Å². The zero-order valence-electron chi connectivity index (χ0n) is 9.45. The van der Waals surface area contributed by atoms with Crippen molar-refractivity contribution in [2.75, 3.05) is 0 Å². The second-order valence-corrected chi connectivity index (χ2v) is 4.68. The van der Waals surface area contributed by atoms with E-state index in [1.165, 1.54) is 17.4 Å². The van der Waals surface area contributed by atoms with Crippen molar-refractivity contribution in [3.05, 3.63) is 57.5 Å². The van der Waals surface area contributed by atoms with Gasteiger partial charge >= 0.3 is 6.18 Å². The van der Waals surface area contributed by atoms with Crippen molar-refractivity contribution in [2.24, 2.45) is 5.73 Å². The first kappa shape index (κ1) is 15.9. The zero-order chi connectivity index (χ0) is 13.3. The van der Waals surface area contributed by atoms with E-state index in [4.69, 9.17) is 5.73 Å². The van der Waals surface area contributed by atoms with Crippen LogP contribution < -0.4 is 5.73 Å². The lowest BCUT2D eigenvalue weighted by Crippen LogP contribution is -2.16. The Bertz CT molecular complexity index is 539. The third-order valence-corrected chi connectivity index (χ3v) is 3.47. The molecule has 0 aliphatic heterocycles. The average Bonchev–Trinajstić information content (AvgIpc) is 2.80. The Kier molecular flexibility index (Phi) is 4.95. The molecule has 1 aromatic heterocycles. The molecule has 7 heteroatoms. The van der Waals surface area contributed by atoms with E-state index in [-0.39, 0.29) is 18.0 Å². The second kappa shape index (κ2) is 5.90. The van der Waals surface area contributed by atoms with Gasteiger partial charge in [-0.2, -0.15) is 13.2 Å². The summed E-state index contributed by atoms with van der Waals surface area (Å²) in [5.74, 6) is -1.30. The van der Waals surface area contributed by atoms with Crippen molar-refractivity contribution < 1.29 is 17.6 Å². The Morgan fingerprint density at radius 3 is 2.32 bits per heavy atom. The highest BCUT2D eigenvalue weighted by atomic mass is 35.5. The monoisotopic (exact) mass is 311 g/mol. The van der Waals surface area contributed by atoms with Crippen LogP contribution in [0.1, 0.15) is 22.0 Å². The summed E-state index contributed by atoms with van der Waals surface area (Å²) >= 11 is 1.27. The normalized spacial score (nSPS) is 12.9. The summed E-state index contributed by atoms with van der Waals surface area (Å²) < 4.78 is 51.5. The molecule has 19 heavy (non-hydrogen) atoms. The average molecular weight is 312 g/mol. The number of hydrogen-bond donors (Lipinski definition) is 1. The lowest BCUT2D eigenvalue weighted by molar-refractivity contribution is -0.140. The first-order valence-electron chi connectivity index (χ1n) is 5.06. The molecule has 0 unspecified atom stereocenters. The number of alkyl halides is 3. The van der Waals surface area contributed by atoms with Crippen molar-refractivity contribution in [2.45, 2.75) is 12.2 Å². The van der Waals surface area contributed by atoms with Gasteiger partial charge < -0.3 is 5.73 Å². The van der Waals surface area contributed by atoms with Crippen molar-refractivity contribution in [3.63, 3.8) is 0 Å². The molecule has 0 bridgehead atoms. The van der Waals surface area contributed by atoms with E-state index in [0.717, 1.165) is 6.07 Å². The van der Waals surface area contributed by atoms with Crippen LogP contribution in [0.5, 0.6) is 0 Å². The fraction of sp³-hybridized carbons (Fsp3) is 0.167. The molecule has 0 saturated heterocycles. The van der Waals surface area contributed by atoms with Gasteiger partial charge in [-0.15, -0.1) is 23.7 Å². The van der Waals surface area contributed by atoms with E-state index in [1.54, 1.807) is 17.5 Å². The molecule has 1 heterocycles. The molecule has 0 amide bonds. The van der Waals surface area contributed by atoms with Gasteiger partial charge in [-0.1, -0.05) is 18.2 Å². The topological polar surface area (TPSA) is 26.0 Å². The summed E-state index contributed by atoms with van der Waals surface area (Å²) in [5, 5.41) is 1.74. The van der Waals surface area contributed by atoms with Crippen molar-refractivity contribution in [1.29, 1.82) is 0 Å². The molecule has 2 N–H and O–H groups in total. The summed E-state index contributed by atoms with van der Waals surface area (Å²) in [4.78, 5) is 0.619. The van der Waals surface area contributed by atoms with Gasteiger partial charge in [0.1, 0.15) is 5.82 Å². The lowest BCUT2D eigenvalue weighted by atomic mass is 10.0. The Labute approximate surface area is 117 Å². The van der Waals surface area contributed by atoms with Gasteiger partial charge in [0.25, 0.3) is 0 Å². The Hall–Kier alpha value is -1.11. The number of halogens is 5. The van der Waals surface area contributed by atoms with Crippen LogP contribution in [-0.2, 0) is 6.18 Å². The molecule has 2 rings (SSSR count). The summed E-state index contributed by atoms with van der Waals surface area (Å²) in [6, 6.07) is 5.64. The third kappa shape index (κ3) is 3.26. The van der Waals surface area contributed by atoms with Crippen molar-refractivity contribution >= 4 is 23.7 Å². The number of hydrogen-bond acceptors (Lipinski definition) is 2. The quantitative estimate of drug-likeness (QED) is 0.819. The minimum Gasteiger partial charge on any atom is -0.320 e. The maximum Gasteiger partial charge on any atom is 0.419 e. The molecule has 0 fully saturated rings.